The highest BCUT2D eigenvalue weighted by Gasteiger charge is 2.00. The Balaban J connectivity index is 3.83. The third-order valence-corrected chi connectivity index (χ3v) is 1.07. The van der Waals surface area contributed by atoms with Gasteiger partial charge in [0.25, 0.3) is 0 Å². The molecule has 0 bridgehead atoms. The van der Waals surface area contributed by atoms with Gasteiger partial charge in [0.05, 0.1) is 6.10 Å². The molecule has 0 aliphatic rings. The van der Waals surface area contributed by atoms with E-state index < -0.39 is 5.97 Å². The minimum Gasteiger partial charge on any atom is -0.460 e. The van der Waals surface area contributed by atoms with E-state index in [1.165, 1.54) is 0 Å². The van der Waals surface area contributed by atoms with Crippen LogP contribution < -0.4 is 5.32 Å². The molecule has 0 saturated carbocycles. The van der Waals surface area contributed by atoms with Gasteiger partial charge in [-0.25, -0.2) is 4.79 Å². The van der Waals surface area contributed by atoms with Crippen molar-refractivity contribution in [2.75, 3.05) is 6.54 Å². The number of carbonyl (C=O) groups is 2. The molecule has 1 amide bonds. The summed E-state index contributed by atoms with van der Waals surface area (Å²) in [5, 5.41) is 2.52. The van der Waals surface area contributed by atoms with Crippen LogP contribution in [0.3, 0.4) is 0 Å². The van der Waals surface area contributed by atoms with Gasteiger partial charge in [-0.3, -0.25) is 4.79 Å². The number of hydrogen-bond acceptors (Lipinski definition) is 3. The van der Waals surface area contributed by atoms with E-state index in [4.69, 9.17) is 4.74 Å². The average molecular weight is 185 g/mol. The summed E-state index contributed by atoms with van der Waals surface area (Å²) in [5.74, 6) is -0.788. The molecule has 0 saturated heterocycles. The molecule has 4 heteroatoms. The van der Waals surface area contributed by atoms with Crippen molar-refractivity contribution in [1.29, 1.82) is 0 Å². The molecule has 1 N–H and O–H groups in total. The molecule has 0 aliphatic carbocycles. The highest BCUT2D eigenvalue weighted by Crippen LogP contribution is 1.89. The summed E-state index contributed by atoms with van der Waals surface area (Å²) in [6, 6.07) is 0. The molecule has 0 aromatic heterocycles. The second-order valence-electron chi connectivity index (χ2n) is 2.71. The van der Waals surface area contributed by atoms with Crippen molar-refractivity contribution in [3.05, 3.63) is 12.2 Å². The number of esters is 1. The van der Waals surface area contributed by atoms with E-state index in [-0.39, 0.29) is 12.0 Å². The van der Waals surface area contributed by atoms with Crippen molar-refractivity contribution in [2.24, 2.45) is 0 Å². The van der Waals surface area contributed by atoms with E-state index in [1.54, 1.807) is 20.8 Å². The van der Waals surface area contributed by atoms with Gasteiger partial charge in [0, 0.05) is 18.7 Å². The van der Waals surface area contributed by atoms with Crippen LogP contribution in [-0.2, 0) is 14.3 Å². The smallest absolute Gasteiger partial charge is 0.331 e. The fraction of sp³-hybridized carbons (Fsp3) is 0.556. The highest BCUT2D eigenvalue weighted by molar-refractivity contribution is 5.94. The van der Waals surface area contributed by atoms with E-state index in [0.717, 1.165) is 12.2 Å². The molecule has 74 valence electrons. The monoisotopic (exact) mass is 185 g/mol. The zero-order valence-corrected chi connectivity index (χ0v) is 8.16. The van der Waals surface area contributed by atoms with Crippen LogP contribution in [0.1, 0.15) is 20.8 Å². The van der Waals surface area contributed by atoms with Crippen LogP contribution in [0.4, 0.5) is 0 Å². The predicted octanol–water partition coefficient (Wildman–Crippen LogP) is 0.630. The number of amides is 1. The van der Waals surface area contributed by atoms with Crippen LogP contribution in [0.5, 0.6) is 0 Å². The Bertz CT molecular complexity index is 209. The first-order valence-electron chi connectivity index (χ1n) is 4.22. The van der Waals surface area contributed by atoms with Crippen molar-refractivity contribution in [2.45, 2.75) is 26.9 Å². The van der Waals surface area contributed by atoms with Crippen LogP contribution in [0.2, 0.25) is 0 Å². The lowest BCUT2D eigenvalue weighted by Crippen LogP contribution is -2.20. The van der Waals surface area contributed by atoms with Gasteiger partial charge in [-0.15, -0.1) is 0 Å². The van der Waals surface area contributed by atoms with Gasteiger partial charge in [0.1, 0.15) is 0 Å². The topological polar surface area (TPSA) is 55.4 Å². The first-order valence-corrected chi connectivity index (χ1v) is 4.22. The average Bonchev–Trinajstić information content (AvgIpc) is 2.00. The van der Waals surface area contributed by atoms with Gasteiger partial charge in [-0.1, -0.05) is 0 Å². The van der Waals surface area contributed by atoms with Gasteiger partial charge in [-0.2, -0.15) is 0 Å². The van der Waals surface area contributed by atoms with Crippen LogP contribution in [0.15, 0.2) is 12.2 Å². The van der Waals surface area contributed by atoms with Crippen LogP contribution in [0.25, 0.3) is 0 Å². The third kappa shape index (κ3) is 7.05. The van der Waals surface area contributed by atoms with E-state index >= 15 is 0 Å². The Kier molecular flexibility index (Phi) is 5.59. The Morgan fingerprint density at radius 2 is 2.00 bits per heavy atom. The molecule has 0 spiro atoms. The molecule has 0 unspecified atom stereocenters. The summed E-state index contributed by atoms with van der Waals surface area (Å²) in [7, 11) is 0. The van der Waals surface area contributed by atoms with Gasteiger partial charge in [-0.05, 0) is 20.8 Å². The molecule has 0 heterocycles. The zero-order chi connectivity index (χ0) is 10.3. The molecule has 4 nitrogen and oxygen atoms in total. The maximum atomic E-state index is 10.9. The molecule has 0 fully saturated rings. The molecule has 0 rings (SSSR count). The number of hydrogen-bond donors (Lipinski definition) is 1. The molecule has 0 radical (unpaired) electrons. The summed E-state index contributed by atoms with van der Waals surface area (Å²) in [5.41, 5.74) is 0. The lowest BCUT2D eigenvalue weighted by Gasteiger charge is -2.03. The van der Waals surface area contributed by atoms with E-state index in [0.29, 0.717) is 6.54 Å². The Morgan fingerprint density at radius 1 is 1.38 bits per heavy atom. The first-order chi connectivity index (χ1) is 6.06. The highest BCUT2D eigenvalue weighted by atomic mass is 16.5. The van der Waals surface area contributed by atoms with Crippen molar-refractivity contribution in [3.8, 4) is 0 Å². The third-order valence-electron chi connectivity index (χ3n) is 1.07. The van der Waals surface area contributed by atoms with E-state index in [1.807, 2.05) is 0 Å². The minimum atomic E-state index is -0.499. The second-order valence-corrected chi connectivity index (χ2v) is 2.71. The largest absolute Gasteiger partial charge is 0.460 e. The standard InChI is InChI=1S/C9H15NO3/c1-4-10-8(11)5-6-9(12)13-7(2)3/h5-7H,4H2,1-3H3,(H,10,11)/b6-5-. The normalized spacial score (nSPS) is 10.5. The van der Waals surface area contributed by atoms with Crippen molar-refractivity contribution < 1.29 is 14.3 Å². The molecular formula is C9H15NO3. The molecule has 0 atom stereocenters. The van der Waals surface area contributed by atoms with Gasteiger partial charge in [0.15, 0.2) is 0 Å². The number of ether oxygens (including phenoxy) is 1. The molecule has 0 aromatic rings. The number of rotatable bonds is 4. The lowest BCUT2D eigenvalue weighted by atomic mass is 10.4. The van der Waals surface area contributed by atoms with Crippen molar-refractivity contribution >= 4 is 11.9 Å². The Labute approximate surface area is 78.0 Å². The van der Waals surface area contributed by atoms with Crippen LogP contribution in [-0.4, -0.2) is 24.5 Å². The maximum absolute atomic E-state index is 10.9. The number of carbonyl (C=O) groups excluding carboxylic acids is 2. The summed E-state index contributed by atoms with van der Waals surface area (Å²) < 4.78 is 4.77. The number of likely N-dealkylation sites (N-methyl/N-ethyl adjacent to an activating group) is 1. The molecular weight excluding hydrogens is 170 g/mol. The van der Waals surface area contributed by atoms with Crippen LogP contribution >= 0.6 is 0 Å². The Morgan fingerprint density at radius 3 is 2.46 bits per heavy atom. The van der Waals surface area contributed by atoms with Gasteiger partial charge >= 0.3 is 5.97 Å². The number of nitrogens with one attached hydrogen (secondary N) is 1. The Hall–Kier alpha value is -1.32. The van der Waals surface area contributed by atoms with Crippen LogP contribution in [0, 0.1) is 0 Å². The summed E-state index contributed by atoms with van der Waals surface area (Å²) in [4.78, 5) is 21.7. The molecule has 13 heavy (non-hydrogen) atoms. The molecule has 0 aliphatic heterocycles. The lowest BCUT2D eigenvalue weighted by molar-refractivity contribution is -0.141. The second kappa shape index (κ2) is 6.22. The van der Waals surface area contributed by atoms with Gasteiger partial charge in [0.2, 0.25) is 5.91 Å². The predicted molar refractivity (Wildman–Crippen MR) is 49.1 cm³/mol. The minimum absolute atomic E-state index is 0.161. The zero-order valence-electron chi connectivity index (χ0n) is 8.16. The summed E-state index contributed by atoms with van der Waals surface area (Å²) >= 11 is 0. The summed E-state index contributed by atoms with van der Waals surface area (Å²) in [6.45, 7) is 5.84. The maximum Gasteiger partial charge on any atom is 0.331 e. The van der Waals surface area contributed by atoms with E-state index in [9.17, 15) is 9.59 Å². The molecule has 0 aromatic carbocycles. The van der Waals surface area contributed by atoms with Gasteiger partial charge < -0.3 is 10.1 Å². The fourth-order valence-corrected chi connectivity index (χ4v) is 0.648. The summed E-state index contributed by atoms with van der Waals surface area (Å²) in [6.07, 6.45) is 2.12. The first kappa shape index (κ1) is 11.7. The fourth-order valence-electron chi connectivity index (χ4n) is 0.648. The van der Waals surface area contributed by atoms with Crippen molar-refractivity contribution in [3.63, 3.8) is 0 Å². The SMILES string of the molecule is CCNC(=O)/C=C\C(=O)OC(C)C. The van der Waals surface area contributed by atoms with E-state index in [2.05, 4.69) is 5.32 Å². The van der Waals surface area contributed by atoms with Crippen molar-refractivity contribution in [1.82, 2.24) is 5.32 Å². The quantitative estimate of drug-likeness (QED) is 0.516.